The molecule has 2 aliphatic rings. The maximum absolute atomic E-state index is 6.22. The van der Waals surface area contributed by atoms with E-state index in [0.717, 1.165) is 48.9 Å². The highest BCUT2D eigenvalue weighted by Gasteiger charge is 2.40. The van der Waals surface area contributed by atoms with Crippen LogP contribution < -0.4 is 0 Å². The summed E-state index contributed by atoms with van der Waals surface area (Å²) in [4.78, 5) is 4.39. The Morgan fingerprint density at radius 3 is 2.64 bits per heavy atom. The molecular weight excluding hydrogens is 350 g/mol. The summed E-state index contributed by atoms with van der Waals surface area (Å²) in [6, 6.07) is 0. The van der Waals surface area contributed by atoms with Crippen LogP contribution in [-0.4, -0.2) is 36.9 Å². The van der Waals surface area contributed by atoms with Crippen molar-refractivity contribution >= 4 is 6.21 Å². The first-order valence-corrected chi connectivity index (χ1v) is 10.6. The minimum absolute atomic E-state index is 0.0864. The van der Waals surface area contributed by atoms with Gasteiger partial charge >= 0.3 is 0 Å². The normalized spacial score (nSPS) is 28.1. The maximum atomic E-state index is 6.22. The number of rotatable bonds is 9. The molecule has 0 spiro atoms. The summed E-state index contributed by atoms with van der Waals surface area (Å²) in [5.74, 6) is -0.467. The molecule has 0 aromatic carbocycles. The van der Waals surface area contributed by atoms with E-state index < -0.39 is 5.79 Å². The Balaban J connectivity index is 1.70. The number of hydrogen-bond donors (Lipinski definition) is 0. The monoisotopic (exact) mass is 387 g/mol. The topological polar surface area (TPSA) is 40.0 Å². The molecule has 156 valence electrons. The molecule has 0 radical (unpaired) electrons. The van der Waals surface area contributed by atoms with Gasteiger partial charge in [0.05, 0.1) is 18.8 Å². The minimum atomic E-state index is -0.467. The Labute approximate surface area is 171 Å². The molecule has 2 rings (SSSR count). The molecule has 2 aliphatic heterocycles. The van der Waals surface area contributed by atoms with Crippen LogP contribution in [0.3, 0.4) is 0 Å². The third-order valence-electron chi connectivity index (χ3n) is 5.40. The van der Waals surface area contributed by atoms with E-state index in [0.29, 0.717) is 12.7 Å². The van der Waals surface area contributed by atoms with Crippen LogP contribution in [0.2, 0.25) is 0 Å². The van der Waals surface area contributed by atoms with E-state index in [4.69, 9.17) is 14.2 Å². The van der Waals surface area contributed by atoms with Crippen LogP contribution in [0, 0.1) is 0 Å². The van der Waals surface area contributed by atoms with Crippen molar-refractivity contribution < 1.29 is 14.2 Å². The lowest BCUT2D eigenvalue weighted by Gasteiger charge is -2.21. The molecule has 4 nitrogen and oxygen atoms in total. The van der Waals surface area contributed by atoms with Crippen LogP contribution in [0.1, 0.15) is 73.1 Å². The Morgan fingerprint density at radius 1 is 1.21 bits per heavy atom. The van der Waals surface area contributed by atoms with Crippen molar-refractivity contribution in [2.75, 3.05) is 6.61 Å². The van der Waals surface area contributed by atoms with Gasteiger partial charge in [0.2, 0.25) is 0 Å². The molecule has 4 heteroatoms. The molecule has 0 aromatic rings. The van der Waals surface area contributed by atoms with Gasteiger partial charge in [-0.3, -0.25) is 4.99 Å². The predicted octanol–water partition coefficient (Wildman–Crippen LogP) is 5.90. The fraction of sp³-hybridized carbons (Fsp3) is 0.667. The van der Waals surface area contributed by atoms with E-state index in [1.165, 1.54) is 6.42 Å². The molecule has 2 saturated heterocycles. The molecule has 2 fully saturated rings. The van der Waals surface area contributed by atoms with Crippen molar-refractivity contribution in [3.05, 3.63) is 41.3 Å². The van der Waals surface area contributed by atoms with Gasteiger partial charge in [0.15, 0.2) is 5.79 Å². The molecule has 0 aliphatic carbocycles. The summed E-state index contributed by atoms with van der Waals surface area (Å²) in [6.45, 7) is 14.3. The van der Waals surface area contributed by atoms with Crippen molar-refractivity contribution in [3.63, 3.8) is 0 Å². The zero-order chi connectivity index (χ0) is 20.6. The quantitative estimate of drug-likeness (QED) is 0.214. The second-order valence-corrected chi connectivity index (χ2v) is 8.12. The predicted molar refractivity (Wildman–Crippen MR) is 116 cm³/mol. The Kier molecular flexibility index (Phi) is 8.91. The highest BCUT2D eigenvalue weighted by molar-refractivity contribution is 5.56. The first-order valence-electron chi connectivity index (χ1n) is 10.6. The largest absolute Gasteiger partial charge is 0.372 e. The van der Waals surface area contributed by atoms with Gasteiger partial charge in [-0.05, 0) is 72.3 Å². The fourth-order valence-corrected chi connectivity index (χ4v) is 3.83. The molecule has 28 heavy (non-hydrogen) atoms. The van der Waals surface area contributed by atoms with Crippen LogP contribution in [0.5, 0.6) is 0 Å². The molecule has 0 N–H and O–H groups in total. The Hall–Kier alpha value is -1.45. The Morgan fingerprint density at radius 2 is 2.00 bits per heavy atom. The number of nitrogens with zero attached hydrogens (tertiary/aromatic N) is 1. The summed E-state index contributed by atoms with van der Waals surface area (Å²) >= 11 is 0. The molecule has 0 aromatic heterocycles. The van der Waals surface area contributed by atoms with Gasteiger partial charge in [-0.15, -0.1) is 5.73 Å². The highest BCUT2D eigenvalue weighted by Crippen LogP contribution is 2.33. The van der Waals surface area contributed by atoms with Crippen molar-refractivity contribution in [1.29, 1.82) is 0 Å². The van der Waals surface area contributed by atoms with Crippen molar-refractivity contribution in [2.45, 2.75) is 97.2 Å². The zero-order valence-electron chi connectivity index (χ0n) is 18.3. The number of allylic oxidation sites excluding steroid dienone is 5. The average Bonchev–Trinajstić information content (AvgIpc) is 3.26. The summed E-state index contributed by atoms with van der Waals surface area (Å²) in [6.07, 6.45) is 13.6. The van der Waals surface area contributed by atoms with Crippen LogP contribution >= 0.6 is 0 Å². The van der Waals surface area contributed by atoms with Gasteiger partial charge in [0.1, 0.15) is 6.10 Å². The number of ether oxygens (including phenoxy) is 3. The van der Waals surface area contributed by atoms with E-state index in [1.54, 1.807) is 0 Å². The highest BCUT2D eigenvalue weighted by atomic mass is 16.7. The van der Waals surface area contributed by atoms with E-state index in [2.05, 4.69) is 29.5 Å². The van der Waals surface area contributed by atoms with Gasteiger partial charge in [-0.25, -0.2) is 0 Å². The van der Waals surface area contributed by atoms with Crippen molar-refractivity contribution in [1.82, 2.24) is 0 Å². The van der Waals surface area contributed by atoms with Crippen LogP contribution in [0.25, 0.3) is 0 Å². The average molecular weight is 388 g/mol. The van der Waals surface area contributed by atoms with E-state index in [1.807, 2.05) is 40.8 Å². The summed E-state index contributed by atoms with van der Waals surface area (Å²) in [5.41, 5.74) is 6.11. The Bertz CT molecular complexity index is 653. The molecule has 0 saturated carbocycles. The number of hydrogen-bond acceptors (Lipinski definition) is 4. The van der Waals surface area contributed by atoms with Gasteiger partial charge in [-0.1, -0.05) is 25.2 Å². The van der Waals surface area contributed by atoms with Gasteiger partial charge < -0.3 is 14.2 Å². The van der Waals surface area contributed by atoms with Crippen LogP contribution in [0.15, 0.2) is 46.3 Å². The molecule has 0 bridgehead atoms. The van der Waals surface area contributed by atoms with Crippen molar-refractivity contribution in [2.24, 2.45) is 4.99 Å². The maximum Gasteiger partial charge on any atom is 0.163 e. The lowest BCUT2D eigenvalue weighted by Crippen LogP contribution is -2.30. The molecular formula is C24H37NO3. The molecule has 0 amide bonds. The third-order valence-corrected chi connectivity index (χ3v) is 5.40. The van der Waals surface area contributed by atoms with E-state index in [-0.39, 0.29) is 12.2 Å². The second-order valence-electron chi connectivity index (χ2n) is 8.12. The third kappa shape index (κ3) is 6.86. The smallest absolute Gasteiger partial charge is 0.163 e. The summed E-state index contributed by atoms with van der Waals surface area (Å²) in [7, 11) is 0. The first kappa shape index (κ1) is 22.8. The van der Waals surface area contributed by atoms with E-state index in [9.17, 15) is 0 Å². The molecule has 2 heterocycles. The SMILES string of the molecule is C=C=C(C)C(/C=C\CCCC[C@H]1CC[C@H]([C@H]2COC(C)(C)O2)O1)=C(/C)N=CC. The fourth-order valence-electron chi connectivity index (χ4n) is 3.83. The molecule has 3 atom stereocenters. The van der Waals surface area contributed by atoms with Gasteiger partial charge in [0, 0.05) is 17.5 Å². The minimum Gasteiger partial charge on any atom is -0.372 e. The lowest BCUT2D eigenvalue weighted by atomic mass is 10.0. The summed E-state index contributed by atoms with van der Waals surface area (Å²) < 4.78 is 17.8. The van der Waals surface area contributed by atoms with Crippen LogP contribution in [-0.2, 0) is 14.2 Å². The van der Waals surface area contributed by atoms with Crippen LogP contribution in [0.4, 0.5) is 0 Å². The second kappa shape index (κ2) is 10.9. The van der Waals surface area contributed by atoms with Gasteiger partial charge in [0.25, 0.3) is 0 Å². The zero-order valence-corrected chi connectivity index (χ0v) is 18.3. The first-order chi connectivity index (χ1) is 13.4. The van der Waals surface area contributed by atoms with Gasteiger partial charge in [-0.2, -0.15) is 0 Å². The molecule has 0 unspecified atom stereocenters. The standard InChI is InChI=1S/C24H37NO3/c1-7-18(3)21(19(4)25-8-2)14-12-10-9-11-13-20-15-16-22(27-20)23-17-26-24(5,6)28-23/h8,12,14,20,22-23H,1,9-11,13,15-17H2,2-6H3/b14-12-,21-19-,25-8?/t20-,22+,23+/m0/s1. The van der Waals surface area contributed by atoms with E-state index >= 15 is 0 Å². The van der Waals surface area contributed by atoms with Crippen molar-refractivity contribution in [3.8, 4) is 0 Å². The summed E-state index contributed by atoms with van der Waals surface area (Å²) in [5, 5.41) is 0. The lowest BCUT2D eigenvalue weighted by molar-refractivity contribution is -0.155. The number of unbranched alkanes of at least 4 members (excludes halogenated alkanes) is 2. The number of aliphatic imine (C=N–C) groups is 1.